The standard InChI is InChI=1S/C20H21N3O5/c1-22(2)12-16-6-4-3-5-15(16)11-21-20(24)8-7-14-9-18-19(28-13-27-18)10-17(14)23(25)26/h3-10H,11-13H2,1-2H3,(H,21,24)/p+1/b8-7+. The molecule has 2 aromatic rings. The molecule has 8 heteroatoms. The van der Waals surface area contributed by atoms with Crippen molar-refractivity contribution < 1.29 is 24.1 Å². The molecule has 28 heavy (non-hydrogen) atoms. The first-order valence-electron chi connectivity index (χ1n) is 8.84. The monoisotopic (exact) mass is 384 g/mol. The summed E-state index contributed by atoms with van der Waals surface area (Å²) in [7, 11) is 4.13. The fraction of sp³-hybridized carbons (Fsp3) is 0.250. The molecule has 1 heterocycles. The highest BCUT2D eigenvalue weighted by Crippen LogP contribution is 2.38. The Labute approximate surface area is 162 Å². The molecule has 0 saturated carbocycles. The first kappa shape index (κ1) is 19.4. The maximum Gasteiger partial charge on any atom is 0.280 e. The Morgan fingerprint density at radius 1 is 1.21 bits per heavy atom. The second-order valence-electron chi connectivity index (χ2n) is 6.73. The lowest BCUT2D eigenvalue weighted by molar-refractivity contribution is -0.872. The van der Waals surface area contributed by atoms with E-state index >= 15 is 0 Å². The second kappa shape index (κ2) is 8.53. The number of amides is 1. The number of hydrogen-bond donors (Lipinski definition) is 2. The van der Waals surface area contributed by atoms with Crippen molar-refractivity contribution in [3.8, 4) is 11.5 Å². The lowest BCUT2D eigenvalue weighted by Crippen LogP contribution is -3.04. The summed E-state index contributed by atoms with van der Waals surface area (Å²) in [6.07, 6.45) is 2.69. The van der Waals surface area contributed by atoms with E-state index in [1.54, 1.807) is 0 Å². The van der Waals surface area contributed by atoms with Crippen LogP contribution in [0.15, 0.2) is 42.5 Å². The molecule has 0 saturated heterocycles. The fourth-order valence-electron chi connectivity index (χ4n) is 2.93. The average Bonchev–Trinajstić information content (AvgIpc) is 3.11. The molecule has 2 aromatic carbocycles. The number of nitro groups is 1. The zero-order valence-electron chi connectivity index (χ0n) is 15.7. The number of fused-ring (bicyclic) bond motifs is 1. The quantitative estimate of drug-likeness (QED) is 0.426. The molecule has 1 aliphatic heterocycles. The molecular weight excluding hydrogens is 362 g/mol. The van der Waals surface area contributed by atoms with Crippen LogP contribution in [0.5, 0.6) is 11.5 Å². The van der Waals surface area contributed by atoms with Crippen LogP contribution in [0.2, 0.25) is 0 Å². The van der Waals surface area contributed by atoms with Crippen LogP contribution in [0, 0.1) is 10.1 Å². The van der Waals surface area contributed by atoms with Gasteiger partial charge in [-0.25, -0.2) is 0 Å². The van der Waals surface area contributed by atoms with Crippen molar-refractivity contribution in [1.82, 2.24) is 5.32 Å². The minimum absolute atomic E-state index is 0.0220. The van der Waals surface area contributed by atoms with Gasteiger partial charge in [0.1, 0.15) is 6.54 Å². The van der Waals surface area contributed by atoms with E-state index in [-0.39, 0.29) is 24.0 Å². The Hall–Kier alpha value is -3.39. The van der Waals surface area contributed by atoms with Crippen LogP contribution in [-0.2, 0) is 17.9 Å². The number of quaternary nitrogens is 1. The molecule has 0 aliphatic carbocycles. The van der Waals surface area contributed by atoms with E-state index in [2.05, 4.69) is 19.4 Å². The molecule has 0 aromatic heterocycles. The minimum atomic E-state index is -0.515. The Kier molecular flexibility index (Phi) is 5.90. The predicted octanol–water partition coefficient (Wildman–Crippen LogP) is 1.30. The van der Waals surface area contributed by atoms with E-state index < -0.39 is 4.92 Å². The summed E-state index contributed by atoms with van der Waals surface area (Å²) in [5.41, 5.74) is 2.34. The molecule has 1 amide bonds. The summed E-state index contributed by atoms with van der Waals surface area (Å²) in [4.78, 5) is 24.3. The minimum Gasteiger partial charge on any atom is -0.454 e. The van der Waals surface area contributed by atoms with Crippen molar-refractivity contribution in [3.63, 3.8) is 0 Å². The van der Waals surface area contributed by atoms with Gasteiger partial charge in [-0.2, -0.15) is 0 Å². The summed E-state index contributed by atoms with van der Waals surface area (Å²) < 4.78 is 10.4. The van der Waals surface area contributed by atoms with Crippen LogP contribution in [0.4, 0.5) is 5.69 Å². The van der Waals surface area contributed by atoms with Crippen molar-refractivity contribution in [1.29, 1.82) is 0 Å². The van der Waals surface area contributed by atoms with Crippen LogP contribution < -0.4 is 19.7 Å². The largest absolute Gasteiger partial charge is 0.454 e. The van der Waals surface area contributed by atoms with Gasteiger partial charge in [0.15, 0.2) is 11.5 Å². The van der Waals surface area contributed by atoms with Crippen LogP contribution in [0.25, 0.3) is 6.08 Å². The van der Waals surface area contributed by atoms with Gasteiger partial charge in [0.2, 0.25) is 12.7 Å². The van der Waals surface area contributed by atoms with E-state index in [4.69, 9.17) is 9.47 Å². The number of ether oxygens (including phenoxy) is 2. The number of nitrogens with zero attached hydrogens (tertiary/aromatic N) is 1. The maximum absolute atomic E-state index is 12.2. The molecule has 8 nitrogen and oxygen atoms in total. The van der Waals surface area contributed by atoms with E-state index in [9.17, 15) is 14.9 Å². The average molecular weight is 384 g/mol. The molecule has 0 fully saturated rings. The van der Waals surface area contributed by atoms with Crippen LogP contribution >= 0.6 is 0 Å². The van der Waals surface area contributed by atoms with Gasteiger partial charge < -0.3 is 19.7 Å². The molecular formula is C20H22N3O5+. The summed E-state index contributed by atoms with van der Waals surface area (Å²) >= 11 is 0. The third-order valence-corrected chi connectivity index (χ3v) is 4.25. The summed E-state index contributed by atoms with van der Waals surface area (Å²) in [5.74, 6) is 0.415. The van der Waals surface area contributed by atoms with Gasteiger partial charge in [-0.05, 0) is 17.7 Å². The van der Waals surface area contributed by atoms with Gasteiger partial charge >= 0.3 is 0 Å². The third-order valence-electron chi connectivity index (χ3n) is 4.25. The number of nitrogens with one attached hydrogen (secondary N) is 2. The van der Waals surface area contributed by atoms with E-state index in [1.807, 2.05) is 24.3 Å². The third kappa shape index (κ3) is 4.66. The zero-order chi connectivity index (χ0) is 20.1. The molecule has 0 bridgehead atoms. The normalized spacial score (nSPS) is 12.5. The van der Waals surface area contributed by atoms with Gasteiger partial charge in [-0.3, -0.25) is 14.9 Å². The zero-order valence-corrected chi connectivity index (χ0v) is 15.7. The van der Waals surface area contributed by atoms with Crippen LogP contribution in [-0.4, -0.2) is 31.7 Å². The summed E-state index contributed by atoms with van der Waals surface area (Å²) in [6.45, 7) is 1.26. The molecule has 0 radical (unpaired) electrons. The Balaban J connectivity index is 1.69. The van der Waals surface area contributed by atoms with Gasteiger partial charge in [-0.1, -0.05) is 24.3 Å². The predicted molar refractivity (Wildman–Crippen MR) is 103 cm³/mol. The van der Waals surface area contributed by atoms with Gasteiger partial charge in [0.05, 0.1) is 30.6 Å². The molecule has 0 unspecified atom stereocenters. The maximum atomic E-state index is 12.2. The number of carbonyl (C=O) groups excluding carboxylic acids is 1. The van der Waals surface area contributed by atoms with Gasteiger partial charge in [0, 0.05) is 18.2 Å². The SMILES string of the molecule is C[NH+](C)Cc1ccccc1CNC(=O)/C=C/c1cc2c(cc1[N+](=O)[O-])OCO2. The summed E-state index contributed by atoms with van der Waals surface area (Å²) in [5, 5.41) is 14.1. The number of carbonyl (C=O) groups is 1. The molecule has 3 rings (SSSR count). The van der Waals surface area contributed by atoms with Crippen molar-refractivity contribution >= 4 is 17.7 Å². The van der Waals surface area contributed by atoms with E-state index in [0.29, 0.717) is 18.0 Å². The molecule has 146 valence electrons. The first-order valence-corrected chi connectivity index (χ1v) is 8.84. The van der Waals surface area contributed by atoms with E-state index in [1.165, 1.54) is 29.2 Å². The topological polar surface area (TPSA) is 95.1 Å². The van der Waals surface area contributed by atoms with Gasteiger partial charge in [-0.15, -0.1) is 0 Å². The Morgan fingerprint density at radius 3 is 2.57 bits per heavy atom. The van der Waals surface area contributed by atoms with Crippen molar-refractivity contribution in [2.45, 2.75) is 13.1 Å². The smallest absolute Gasteiger partial charge is 0.280 e. The highest BCUT2D eigenvalue weighted by Gasteiger charge is 2.22. The Morgan fingerprint density at radius 2 is 1.89 bits per heavy atom. The Bertz CT molecular complexity index is 924. The number of rotatable bonds is 7. The first-order chi connectivity index (χ1) is 13.4. The second-order valence-corrected chi connectivity index (χ2v) is 6.73. The van der Waals surface area contributed by atoms with E-state index in [0.717, 1.165) is 17.7 Å². The molecule has 0 atom stereocenters. The lowest BCUT2D eigenvalue weighted by Gasteiger charge is -2.12. The van der Waals surface area contributed by atoms with Crippen LogP contribution in [0.1, 0.15) is 16.7 Å². The number of hydrogen-bond acceptors (Lipinski definition) is 5. The van der Waals surface area contributed by atoms with Gasteiger partial charge in [0.25, 0.3) is 5.69 Å². The highest BCUT2D eigenvalue weighted by atomic mass is 16.7. The number of benzene rings is 2. The highest BCUT2D eigenvalue weighted by molar-refractivity contribution is 5.92. The fourth-order valence-corrected chi connectivity index (χ4v) is 2.93. The van der Waals surface area contributed by atoms with Crippen molar-refractivity contribution in [2.24, 2.45) is 0 Å². The van der Waals surface area contributed by atoms with Crippen molar-refractivity contribution in [2.75, 3.05) is 20.9 Å². The molecule has 2 N–H and O–H groups in total. The van der Waals surface area contributed by atoms with Crippen molar-refractivity contribution in [3.05, 3.63) is 69.3 Å². The molecule has 0 spiro atoms. The molecule has 1 aliphatic rings. The van der Waals surface area contributed by atoms with Crippen LogP contribution in [0.3, 0.4) is 0 Å². The summed E-state index contributed by atoms with van der Waals surface area (Å²) in [6, 6.07) is 10.7. The number of nitro benzene ring substituents is 1. The lowest BCUT2D eigenvalue weighted by atomic mass is 10.1.